The monoisotopic (exact) mass is 244 g/mol. The number of rotatable bonds is 5. The number of ether oxygens (including phenoxy) is 1. The molecule has 1 aromatic rings. The average molecular weight is 244 g/mol. The first kappa shape index (κ1) is 13.6. The van der Waals surface area contributed by atoms with Gasteiger partial charge in [0.05, 0.1) is 13.2 Å². The Balaban J connectivity index is 2.70. The molecule has 17 heavy (non-hydrogen) atoms. The minimum Gasteiger partial charge on any atom is -0.466 e. The van der Waals surface area contributed by atoms with Crippen LogP contribution in [0, 0.1) is 11.6 Å². The highest BCUT2D eigenvalue weighted by atomic mass is 19.1. The Morgan fingerprint density at radius 1 is 1.35 bits per heavy atom. The molecule has 1 aromatic carbocycles. The summed E-state index contributed by atoms with van der Waals surface area (Å²) >= 11 is 0. The first-order valence-corrected chi connectivity index (χ1v) is 5.31. The minimum atomic E-state index is -0.800. The summed E-state index contributed by atoms with van der Waals surface area (Å²) < 4.78 is 31.2. The van der Waals surface area contributed by atoms with E-state index >= 15 is 0 Å². The van der Waals surface area contributed by atoms with Crippen molar-refractivity contribution in [2.75, 3.05) is 6.61 Å². The second-order valence-electron chi connectivity index (χ2n) is 3.50. The fourth-order valence-corrected chi connectivity index (χ4v) is 1.43. The van der Waals surface area contributed by atoms with Gasteiger partial charge in [-0.1, -0.05) is 0 Å². The van der Waals surface area contributed by atoms with Crippen LogP contribution < -0.4 is 0 Å². The molecule has 0 heterocycles. The van der Waals surface area contributed by atoms with E-state index in [0.29, 0.717) is 5.56 Å². The summed E-state index contributed by atoms with van der Waals surface area (Å²) in [4.78, 5) is 11.1. The summed E-state index contributed by atoms with van der Waals surface area (Å²) in [6.07, 6.45) is 0.281. The van der Waals surface area contributed by atoms with Gasteiger partial charge in [0.15, 0.2) is 0 Å². The third-order valence-corrected chi connectivity index (χ3v) is 2.28. The molecular formula is C12H14F2O3. The third kappa shape index (κ3) is 3.78. The van der Waals surface area contributed by atoms with Gasteiger partial charge in [-0.15, -0.1) is 0 Å². The Morgan fingerprint density at radius 2 is 1.94 bits per heavy atom. The second-order valence-corrected chi connectivity index (χ2v) is 3.50. The Kier molecular flexibility index (Phi) is 5.03. The molecule has 94 valence electrons. The quantitative estimate of drug-likeness (QED) is 0.805. The molecule has 0 amide bonds. The van der Waals surface area contributed by atoms with E-state index in [-0.39, 0.29) is 25.0 Å². The Morgan fingerprint density at radius 3 is 2.41 bits per heavy atom. The number of carbonyl (C=O) groups excluding carboxylic acids is 1. The predicted octanol–water partition coefficient (Wildman–Crippen LogP) is 1.95. The largest absolute Gasteiger partial charge is 0.466 e. The highest BCUT2D eigenvalue weighted by Gasteiger charge is 2.11. The van der Waals surface area contributed by atoms with Gasteiger partial charge in [0.25, 0.3) is 0 Å². The number of aliphatic hydroxyl groups is 1. The van der Waals surface area contributed by atoms with Crippen molar-refractivity contribution in [3.8, 4) is 0 Å². The van der Waals surface area contributed by atoms with Gasteiger partial charge in [-0.2, -0.15) is 0 Å². The van der Waals surface area contributed by atoms with Crippen molar-refractivity contribution in [2.45, 2.75) is 26.4 Å². The smallest absolute Gasteiger partial charge is 0.306 e. The molecule has 0 aliphatic rings. The van der Waals surface area contributed by atoms with Gasteiger partial charge in [-0.25, -0.2) is 8.78 Å². The van der Waals surface area contributed by atoms with Crippen LogP contribution in [0.1, 0.15) is 24.5 Å². The molecule has 3 nitrogen and oxygen atoms in total. The molecule has 5 heteroatoms. The molecule has 0 aromatic heterocycles. The van der Waals surface area contributed by atoms with E-state index in [4.69, 9.17) is 9.84 Å². The molecular weight excluding hydrogens is 230 g/mol. The molecule has 0 unspecified atom stereocenters. The van der Waals surface area contributed by atoms with E-state index in [1.807, 2.05) is 0 Å². The summed E-state index contributed by atoms with van der Waals surface area (Å²) in [5.41, 5.74) is 0.00939. The van der Waals surface area contributed by atoms with Gasteiger partial charge in [-0.3, -0.25) is 4.79 Å². The topological polar surface area (TPSA) is 46.5 Å². The normalized spacial score (nSPS) is 10.4. The maximum absolute atomic E-state index is 13.3. The van der Waals surface area contributed by atoms with Crippen LogP contribution in [-0.2, 0) is 22.6 Å². The SMILES string of the molecule is CCOC(=O)CCc1cc(F)c(CO)c(F)c1. The highest BCUT2D eigenvalue weighted by Crippen LogP contribution is 2.16. The van der Waals surface area contributed by atoms with Crippen LogP contribution >= 0.6 is 0 Å². The summed E-state index contributed by atoms with van der Waals surface area (Å²) in [6.45, 7) is 1.29. The molecule has 1 rings (SSSR count). The zero-order valence-electron chi connectivity index (χ0n) is 9.50. The van der Waals surface area contributed by atoms with E-state index in [1.165, 1.54) is 0 Å². The van der Waals surface area contributed by atoms with Crippen molar-refractivity contribution in [3.63, 3.8) is 0 Å². The summed E-state index contributed by atoms with van der Waals surface area (Å²) in [5.74, 6) is -2.00. The lowest BCUT2D eigenvalue weighted by molar-refractivity contribution is -0.143. The number of carbonyl (C=O) groups is 1. The molecule has 0 aliphatic carbocycles. The van der Waals surface area contributed by atoms with Crippen molar-refractivity contribution in [1.29, 1.82) is 0 Å². The molecule has 0 saturated carbocycles. The number of aryl methyl sites for hydroxylation is 1. The van der Waals surface area contributed by atoms with E-state index in [9.17, 15) is 13.6 Å². The van der Waals surface area contributed by atoms with E-state index in [1.54, 1.807) is 6.92 Å². The summed E-state index contributed by atoms with van der Waals surface area (Å²) in [5, 5.41) is 8.72. The number of benzene rings is 1. The van der Waals surface area contributed by atoms with Gasteiger partial charge in [0.2, 0.25) is 0 Å². The number of hydrogen-bond donors (Lipinski definition) is 1. The predicted molar refractivity (Wildman–Crippen MR) is 57.2 cm³/mol. The zero-order valence-corrected chi connectivity index (χ0v) is 9.50. The Labute approximate surface area is 98.0 Å². The Hall–Kier alpha value is -1.49. The molecule has 0 radical (unpaired) electrons. The summed E-state index contributed by atoms with van der Waals surface area (Å²) in [7, 11) is 0. The van der Waals surface area contributed by atoms with Gasteiger partial charge in [-0.05, 0) is 31.0 Å². The van der Waals surface area contributed by atoms with E-state index in [2.05, 4.69) is 0 Å². The first-order chi connectivity index (χ1) is 8.08. The molecule has 0 aliphatic heterocycles. The average Bonchev–Trinajstić information content (AvgIpc) is 2.26. The standard InChI is InChI=1S/C12H14F2O3/c1-2-17-12(16)4-3-8-5-10(13)9(7-15)11(14)6-8/h5-6,15H,2-4,7H2,1H3. The number of aliphatic hydroxyl groups excluding tert-OH is 1. The minimum absolute atomic E-state index is 0.0746. The van der Waals surface area contributed by atoms with Crippen molar-refractivity contribution < 1.29 is 23.4 Å². The van der Waals surface area contributed by atoms with Crippen LogP contribution in [0.4, 0.5) is 8.78 Å². The fraction of sp³-hybridized carbons (Fsp3) is 0.417. The van der Waals surface area contributed by atoms with Crippen LogP contribution in [0.25, 0.3) is 0 Å². The molecule has 0 atom stereocenters. The molecule has 0 spiro atoms. The lowest BCUT2D eigenvalue weighted by Crippen LogP contribution is -2.06. The van der Waals surface area contributed by atoms with Crippen molar-refractivity contribution in [2.24, 2.45) is 0 Å². The second kappa shape index (κ2) is 6.30. The number of hydrogen-bond acceptors (Lipinski definition) is 3. The lowest BCUT2D eigenvalue weighted by Gasteiger charge is -2.06. The fourth-order valence-electron chi connectivity index (χ4n) is 1.43. The molecule has 1 N–H and O–H groups in total. The van der Waals surface area contributed by atoms with Crippen LogP contribution in [0.2, 0.25) is 0 Å². The molecule has 0 saturated heterocycles. The van der Waals surface area contributed by atoms with Crippen LogP contribution in [0.5, 0.6) is 0 Å². The maximum atomic E-state index is 13.3. The van der Waals surface area contributed by atoms with Crippen LogP contribution in [0.15, 0.2) is 12.1 Å². The van der Waals surface area contributed by atoms with Crippen molar-refractivity contribution in [1.82, 2.24) is 0 Å². The van der Waals surface area contributed by atoms with Gasteiger partial charge in [0, 0.05) is 12.0 Å². The van der Waals surface area contributed by atoms with Gasteiger partial charge in [0.1, 0.15) is 11.6 Å². The first-order valence-electron chi connectivity index (χ1n) is 5.31. The molecule has 0 fully saturated rings. The highest BCUT2D eigenvalue weighted by molar-refractivity contribution is 5.69. The van der Waals surface area contributed by atoms with E-state index in [0.717, 1.165) is 12.1 Å². The molecule has 0 bridgehead atoms. The number of halogens is 2. The third-order valence-electron chi connectivity index (χ3n) is 2.28. The van der Waals surface area contributed by atoms with Crippen LogP contribution in [-0.4, -0.2) is 17.7 Å². The van der Waals surface area contributed by atoms with E-state index < -0.39 is 24.2 Å². The van der Waals surface area contributed by atoms with Crippen molar-refractivity contribution in [3.05, 3.63) is 34.9 Å². The Bertz CT molecular complexity index is 382. The van der Waals surface area contributed by atoms with Crippen molar-refractivity contribution >= 4 is 5.97 Å². The number of esters is 1. The maximum Gasteiger partial charge on any atom is 0.306 e. The van der Waals surface area contributed by atoms with Gasteiger partial charge < -0.3 is 9.84 Å². The summed E-state index contributed by atoms with van der Waals surface area (Å²) in [6, 6.07) is 2.24. The lowest BCUT2D eigenvalue weighted by atomic mass is 10.1. The zero-order chi connectivity index (χ0) is 12.8. The van der Waals surface area contributed by atoms with Crippen LogP contribution in [0.3, 0.4) is 0 Å². The van der Waals surface area contributed by atoms with Gasteiger partial charge >= 0.3 is 5.97 Å².